The third-order valence-electron chi connectivity index (χ3n) is 2.43. The third kappa shape index (κ3) is 5.57. The predicted octanol–water partition coefficient (Wildman–Crippen LogP) is 2.20. The first-order chi connectivity index (χ1) is 8.59. The summed E-state index contributed by atoms with van der Waals surface area (Å²) in [5, 5.41) is 2.87. The lowest BCUT2D eigenvalue weighted by atomic mass is 10.2. The van der Waals surface area contributed by atoms with Gasteiger partial charge in [0.05, 0.1) is 12.3 Å². The van der Waals surface area contributed by atoms with E-state index in [4.69, 9.17) is 10.5 Å². The summed E-state index contributed by atoms with van der Waals surface area (Å²) in [5.74, 6) is 1.24. The first kappa shape index (κ1) is 14.4. The molecule has 0 fully saturated rings. The molecule has 0 aliphatic rings. The second-order valence-corrected chi connectivity index (χ2v) is 4.69. The number of carbonyl (C=O) groups is 1. The Kier molecular flexibility index (Phi) is 6.05. The van der Waals surface area contributed by atoms with E-state index in [1.807, 2.05) is 18.2 Å². The van der Waals surface area contributed by atoms with E-state index in [2.05, 4.69) is 19.2 Å². The van der Waals surface area contributed by atoms with Crippen molar-refractivity contribution in [2.24, 2.45) is 5.92 Å². The van der Waals surface area contributed by atoms with Crippen LogP contribution in [0.4, 0.5) is 5.69 Å². The maximum absolute atomic E-state index is 11.4. The molecule has 0 unspecified atom stereocenters. The van der Waals surface area contributed by atoms with Gasteiger partial charge in [0.15, 0.2) is 0 Å². The van der Waals surface area contributed by atoms with Crippen molar-refractivity contribution in [3.05, 3.63) is 24.3 Å². The lowest BCUT2D eigenvalue weighted by Gasteiger charge is -2.09. The lowest BCUT2D eigenvalue weighted by Crippen LogP contribution is -2.27. The summed E-state index contributed by atoms with van der Waals surface area (Å²) in [6, 6.07) is 7.36. The number of carbonyl (C=O) groups excluding carboxylic acids is 1. The summed E-state index contributed by atoms with van der Waals surface area (Å²) in [6.45, 7) is 5.37. The van der Waals surface area contributed by atoms with Gasteiger partial charge in [0.2, 0.25) is 5.91 Å². The van der Waals surface area contributed by atoms with Crippen LogP contribution in [0.2, 0.25) is 0 Å². The topological polar surface area (TPSA) is 64.3 Å². The van der Waals surface area contributed by atoms with Gasteiger partial charge in [-0.05, 0) is 24.5 Å². The molecular weight excluding hydrogens is 228 g/mol. The molecule has 4 heteroatoms. The quantitative estimate of drug-likeness (QED) is 0.576. The number of anilines is 1. The smallest absolute Gasteiger partial charge is 0.220 e. The summed E-state index contributed by atoms with van der Waals surface area (Å²) in [5.41, 5.74) is 6.37. The molecule has 100 valence electrons. The molecular formula is C14H22N2O2. The standard InChI is InChI=1S/C14H22N2O2/c1-11(2)10-16-14(17)8-5-9-18-13-7-4-3-6-12(13)15/h3-4,6-7,11H,5,8-10,15H2,1-2H3,(H,16,17). The Labute approximate surface area is 109 Å². The molecule has 0 atom stereocenters. The highest BCUT2D eigenvalue weighted by Crippen LogP contribution is 2.19. The molecule has 4 nitrogen and oxygen atoms in total. The van der Waals surface area contributed by atoms with Gasteiger partial charge < -0.3 is 15.8 Å². The SMILES string of the molecule is CC(C)CNC(=O)CCCOc1ccccc1N. The fraction of sp³-hybridized carbons (Fsp3) is 0.500. The van der Waals surface area contributed by atoms with Gasteiger partial charge in [0.1, 0.15) is 5.75 Å². The minimum Gasteiger partial charge on any atom is -0.491 e. The van der Waals surface area contributed by atoms with E-state index >= 15 is 0 Å². The summed E-state index contributed by atoms with van der Waals surface area (Å²) in [7, 11) is 0. The van der Waals surface area contributed by atoms with Crippen LogP contribution in [0.15, 0.2) is 24.3 Å². The number of para-hydroxylation sites is 2. The minimum atomic E-state index is 0.0772. The Balaban J connectivity index is 2.15. The van der Waals surface area contributed by atoms with E-state index < -0.39 is 0 Å². The molecule has 18 heavy (non-hydrogen) atoms. The average Bonchev–Trinajstić information content (AvgIpc) is 2.34. The number of benzene rings is 1. The molecule has 0 aromatic heterocycles. The van der Waals surface area contributed by atoms with Crippen LogP contribution in [0, 0.1) is 5.92 Å². The van der Waals surface area contributed by atoms with E-state index in [1.165, 1.54) is 0 Å². The fourth-order valence-electron chi connectivity index (χ4n) is 1.43. The highest BCUT2D eigenvalue weighted by Gasteiger charge is 2.03. The van der Waals surface area contributed by atoms with Crippen LogP contribution in [0.3, 0.4) is 0 Å². The zero-order valence-electron chi connectivity index (χ0n) is 11.1. The maximum Gasteiger partial charge on any atom is 0.220 e. The number of nitrogens with two attached hydrogens (primary N) is 1. The van der Waals surface area contributed by atoms with Gasteiger partial charge in [0.25, 0.3) is 0 Å². The summed E-state index contributed by atoms with van der Waals surface area (Å²) >= 11 is 0. The highest BCUT2D eigenvalue weighted by molar-refractivity contribution is 5.75. The molecule has 1 aromatic rings. The molecule has 0 heterocycles. The molecule has 1 aromatic carbocycles. The predicted molar refractivity (Wildman–Crippen MR) is 73.4 cm³/mol. The normalized spacial score (nSPS) is 10.4. The summed E-state index contributed by atoms with van der Waals surface area (Å²) in [4.78, 5) is 11.4. The fourth-order valence-corrected chi connectivity index (χ4v) is 1.43. The van der Waals surface area contributed by atoms with Crippen LogP contribution in [0.1, 0.15) is 26.7 Å². The Morgan fingerprint density at radius 2 is 2.11 bits per heavy atom. The molecule has 0 bridgehead atoms. The molecule has 1 amide bonds. The Morgan fingerprint density at radius 1 is 1.39 bits per heavy atom. The highest BCUT2D eigenvalue weighted by atomic mass is 16.5. The molecule has 0 saturated carbocycles. The van der Waals surface area contributed by atoms with Gasteiger partial charge in [-0.15, -0.1) is 0 Å². The van der Waals surface area contributed by atoms with Crippen molar-refractivity contribution in [2.45, 2.75) is 26.7 Å². The van der Waals surface area contributed by atoms with Crippen LogP contribution < -0.4 is 15.8 Å². The second kappa shape index (κ2) is 7.58. The molecule has 0 spiro atoms. The van der Waals surface area contributed by atoms with E-state index in [0.717, 1.165) is 6.54 Å². The maximum atomic E-state index is 11.4. The van der Waals surface area contributed by atoms with Gasteiger partial charge in [-0.2, -0.15) is 0 Å². The van der Waals surface area contributed by atoms with Crippen LogP contribution in [0.5, 0.6) is 5.75 Å². The zero-order valence-corrected chi connectivity index (χ0v) is 11.1. The van der Waals surface area contributed by atoms with Crippen molar-refractivity contribution in [1.82, 2.24) is 5.32 Å². The van der Waals surface area contributed by atoms with Crippen molar-refractivity contribution < 1.29 is 9.53 Å². The van der Waals surface area contributed by atoms with E-state index in [9.17, 15) is 4.79 Å². The Hall–Kier alpha value is -1.71. The first-order valence-corrected chi connectivity index (χ1v) is 6.33. The summed E-state index contributed by atoms with van der Waals surface area (Å²) < 4.78 is 5.51. The van der Waals surface area contributed by atoms with Crippen LogP contribution in [-0.2, 0) is 4.79 Å². The van der Waals surface area contributed by atoms with E-state index in [0.29, 0.717) is 36.8 Å². The van der Waals surface area contributed by atoms with Crippen LogP contribution >= 0.6 is 0 Å². The second-order valence-electron chi connectivity index (χ2n) is 4.69. The van der Waals surface area contributed by atoms with Gasteiger partial charge in [-0.1, -0.05) is 26.0 Å². The average molecular weight is 250 g/mol. The van der Waals surface area contributed by atoms with Crippen molar-refractivity contribution in [3.63, 3.8) is 0 Å². The van der Waals surface area contributed by atoms with Gasteiger partial charge in [-0.25, -0.2) is 0 Å². The molecule has 0 saturated heterocycles. The zero-order chi connectivity index (χ0) is 13.4. The molecule has 0 radical (unpaired) electrons. The summed E-state index contributed by atoms with van der Waals surface area (Å²) in [6.07, 6.45) is 1.18. The van der Waals surface area contributed by atoms with Gasteiger partial charge in [0, 0.05) is 13.0 Å². The first-order valence-electron chi connectivity index (χ1n) is 6.33. The van der Waals surface area contributed by atoms with Crippen molar-refractivity contribution in [2.75, 3.05) is 18.9 Å². The Morgan fingerprint density at radius 3 is 2.78 bits per heavy atom. The van der Waals surface area contributed by atoms with E-state index in [1.54, 1.807) is 6.07 Å². The number of hydrogen-bond donors (Lipinski definition) is 2. The van der Waals surface area contributed by atoms with Crippen molar-refractivity contribution in [3.8, 4) is 5.75 Å². The molecule has 1 rings (SSSR count). The largest absolute Gasteiger partial charge is 0.491 e. The minimum absolute atomic E-state index is 0.0772. The van der Waals surface area contributed by atoms with Crippen LogP contribution in [-0.4, -0.2) is 19.1 Å². The number of nitrogen functional groups attached to an aromatic ring is 1. The number of nitrogens with one attached hydrogen (secondary N) is 1. The number of hydrogen-bond acceptors (Lipinski definition) is 3. The number of ether oxygens (including phenoxy) is 1. The lowest BCUT2D eigenvalue weighted by molar-refractivity contribution is -0.121. The number of amides is 1. The van der Waals surface area contributed by atoms with Crippen molar-refractivity contribution >= 4 is 11.6 Å². The van der Waals surface area contributed by atoms with Gasteiger partial charge >= 0.3 is 0 Å². The Bertz CT molecular complexity index is 378. The third-order valence-corrected chi connectivity index (χ3v) is 2.43. The molecule has 3 N–H and O–H groups in total. The molecule has 0 aliphatic heterocycles. The number of rotatable bonds is 7. The monoisotopic (exact) mass is 250 g/mol. The van der Waals surface area contributed by atoms with Crippen LogP contribution in [0.25, 0.3) is 0 Å². The van der Waals surface area contributed by atoms with Crippen molar-refractivity contribution in [1.29, 1.82) is 0 Å². The van der Waals surface area contributed by atoms with Gasteiger partial charge in [-0.3, -0.25) is 4.79 Å². The van der Waals surface area contributed by atoms with E-state index in [-0.39, 0.29) is 5.91 Å². The molecule has 0 aliphatic carbocycles.